The fourth-order valence-corrected chi connectivity index (χ4v) is 0.833. The maximum atomic E-state index is 10.5. The molecule has 74 valence electrons. The average molecular weight is 197 g/mol. The molecule has 14 heavy (non-hydrogen) atoms. The molecule has 7 nitrogen and oxygen atoms in total. The van der Waals surface area contributed by atoms with Gasteiger partial charge < -0.3 is 15.6 Å². The van der Waals surface area contributed by atoms with Crippen LogP contribution in [-0.4, -0.2) is 27.1 Å². The van der Waals surface area contributed by atoms with E-state index in [1.165, 1.54) is 0 Å². The Morgan fingerprint density at radius 1 is 1.21 bits per heavy atom. The first-order valence-corrected chi connectivity index (χ1v) is 3.50. The summed E-state index contributed by atoms with van der Waals surface area (Å²) in [5.41, 5.74) is 1.57. The lowest BCUT2D eigenvalue weighted by atomic mass is 10.2. The van der Waals surface area contributed by atoms with E-state index in [9.17, 15) is 9.59 Å². The first-order chi connectivity index (χ1) is 6.54. The van der Waals surface area contributed by atoms with Crippen molar-refractivity contribution in [1.29, 1.82) is 0 Å². The van der Waals surface area contributed by atoms with Gasteiger partial charge in [-0.15, -0.1) is 0 Å². The molecule has 0 atom stereocenters. The normalized spacial score (nSPS) is 9.50. The molecule has 0 aliphatic carbocycles. The number of hydrogen-bond acceptors (Lipinski definition) is 5. The lowest BCUT2D eigenvalue weighted by Crippen LogP contribution is -2.12. The highest BCUT2D eigenvalue weighted by Crippen LogP contribution is 2.10. The molecule has 0 amide bonds. The second kappa shape index (κ2) is 3.71. The van der Waals surface area contributed by atoms with Crippen LogP contribution in [0, 0.1) is 0 Å². The molecular formula is C7H7N3O4. The van der Waals surface area contributed by atoms with Crippen LogP contribution >= 0.6 is 0 Å². The number of pyridine rings is 1. The maximum absolute atomic E-state index is 10.5. The number of aromatic carboxylic acids is 2. The van der Waals surface area contributed by atoms with E-state index in [1.807, 2.05) is 0 Å². The Labute approximate surface area is 78.2 Å². The van der Waals surface area contributed by atoms with Crippen molar-refractivity contribution in [2.45, 2.75) is 0 Å². The summed E-state index contributed by atoms with van der Waals surface area (Å²) in [5, 5.41) is 17.2. The van der Waals surface area contributed by atoms with Crippen LogP contribution in [0.15, 0.2) is 12.1 Å². The molecule has 0 saturated carbocycles. The number of carboxylic acid groups (broad SMARTS) is 2. The molecule has 1 aromatic heterocycles. The topological polar surface area (TPSA) is 126 Å². The number of hydrazine groups is 1. The second-order valence-electron chi connectivity index (χ2n) is 2.38. The SMILES string of the molecule is NNc1cc(C(=O)O)nc(C(=O)O)c1. The molecule has 5 N–H and O–H groups in total. The third-order valence-corrected chi connectivity index (χ3v) is 1.43. The number of nitrogens with two attached hydrogens (primary N) is 1. The summed E-state index contributed by atoms with van der Waals surface area (Å²) in [4.78, 5) is 24.4. The zero-order valence-corrected chi connectivity index (χ0v) is 6.89. The monoisotopic (exact) mass is 197 g/mol. The van der Waals surface area contributed by atoms with E-state index >= 15 is 0 Å². The number of carbonyl (C=O) groups is 2. The molecule has 0 aliphatic heterocycles. The largest absolute Gasteiger partial charge is 0.477 e. The van der Waals surface area contributed by atoms with Gasteiger partial charge in [0.25, 0.3) is 0 Å². The van der Waals surface area contributed by atoms with Gasteiger partial charge in [0, 0.05) is 0 Å². The first kappa shape index (κ1) is 9.93. The van der Waals surface area contributed by atoms with Crippen LogP contribution in [0.3, 0.4) is 0 Å². The lowest BCUT2D eigenvalue weighted by Gasteiger charge is -2.02. The Hall–Kier alpha value is -2.15. The summed E-state index contributed by atoms with van der Waals surface area (Å²) in [5.74, 6) is 2.39. The highest BCUT2D eigenvalue weighted by atomic mass is 16.4. The van der Waals surface area contributed by atoms with Crippen molar-refractivity contribution < 1.29 is 19.8 Å². The summed E-state index contributed by atoms with van der Waals surface area (Å²) < 4.78 is 0. The van der Waals surface area contributed by atoms with E-state index < -0.39 is 11.9 Å². The van der Waals surface area contributed by atoms with Gasteiger partial charge >= 0.3 is 11.9 Å². The zero-order valence-electron chi connectivity index (χ0n) is 6.89. The van der Waals surface area contributed by atoms with Crippen molar-refractivity contribution in [2.75, 3.05) is 5.43 Å². The minimum absolute atomic E-state index is 0.176. The third kappa shape index (κ3) is 1.96. The number of carboxylic acids is 2. The minimum Gasteiger partial charge on any atom is -0.477 e. The molecule has 0 aliphatic rings. The Morgan fingerprint density at radius 3 is 1.93 bits per heavy atom. The van der Waals surface area contributed by atoms with Crippen molar-refractivity contribution in [1.82, 2.24) is 4.98 Å². The number of nitrogens with one attached hydrogen (secondary N) is 1. The number of aromatic nitrogens is 1. The van der Waals surface area contributed by atoms with Gasteiger partial charge in [0.05, 0.1) is 5.69 Å². The number of rotatable bonds is 3. The van der Waals surface area contributed by atoms with Gasteiger partial charge in [-0.2, -0.15) is 0 Å². The van der Waals surface area contributed by atoms with Crippen LogP contribution in [0.25, 0.3) is 0 Å². The van der Waals surface area contributed by atoms with Crippen LogP contribution < -0.4 is 11.3 Å². The fraction of sp³-hybridized carbons (Fsp3) is 0. The zero-order chi connectivity index (χ0) is 10.7. The van der Waals surface area contributed by atoms with Crippen LogP contribution in [0.4, 0.5) is 5.69 Å². The smallest absolute Gasteiger partial charge is 0.354 e. The van der Waals surface area contributed by atoms with Gasteiger partial charge in [-0.3, -0.25) is 5.84 Å². The van der Waals surface area contributed by atoms with E-state index in [4.69, 9.17) is 16.1 Å². The van der Waals surface area contributed by atoms with Gasteiger partial charge in [0.15, 0.2) is 11.4 Å². The predicted molar refractivity (Wildman–Crippen MR) is 46.0 cm³/mol. The van der Waals surface area contributed by atoms with E-state index in [-0.39, 0.29) is 17.1 Å². The number of anilines is 1. The highest BCUT2D eigenvalue weighted by Gasteiger charge is 2.12. The second-order valence-corrected chi connectivity index (χ2v) is 2.38. The van der Waals surface area contributed by atoms with Crippen molar-refractivity contribution in [3.63, 3.8) is 0 Å². The van der Waals surface area contributed by atoms with Gasteiger partial charge in [-0.05, 0) is 12.1 Å². The van der Waals surface area contributed by atoms with Gasteiger partial charge in [0.2, 0.25) is 0 Å². The first-order valence-electron chi connectivity index (χ1n) is 3.50. The molecule has 1 heterocycles. The van der Waals surface area contributed by atoms with Crippen LogP contribution in [0.5, 0.6) is 0 Å². The Morgan fingerprint density at radius 2 is 1.64 bits per heavy atom. The summed E-state index contributed by atoms with van der Waals surface area (Å²) in [6, 6.07) is 2.27. The van der Waals surface area contributed by atoms with Crippen LogP contribution in [-0.2, 0) is 0 Å². The van der Waals surface area contributed by atoms with Crippen LogP contribution in [0.2, 0.25) is 0 Å². The lowest BCUT2D eigenvalue weighted by molar-refractivity contribution is 0.0685. The number of nitrogens with zero attached hydrogens (tertiary/aromatic N) is 1. The van der Waals surface area contributed by atoms with Crippen molar-refractivity contribution >= 4 is 17.6 Å². The standard InChI is InChI=1S/C7H7N3O4/c8-10-3-1-4(6(11)12)9-5(2-3)7(13)14/h1-2H,8H2,(H,9,10)(H,11,12)(H,13,14). The third-order valence-electron chi connectivity index (χ3n) is 1.43. The molecule has 7 heteroatoms. The summed E-state index contributed by atoms with van der Waals surface area (Å²) in [6.45, 7) is 0. The van der Waals surface area contributed by atoms with Crippen molar-refractivity contribution in [3.8, 4) is 0 Å². The van der Waals surface area contributed by atoms with E-state index in [0.29, 0.717) is 0 Å². The Kier molecular flexibility index (Phi) is 2.63. The molecule has 0 spiro atoms. The molecule has 0 aromatic carbocycles. The molecule has 1 rings (SSSR count). The summed E-state index contributed by atoms with van der Waals surface area (Å²) in [7, 11) is 0. The molecule has 0 saturated heterocycles. The van der Waals surface area contributed by atoms with E-state index in [1.54, 1.807) is 0 Å². The Balaban J connectivity index is 3.27. The number of nitrogen functional groups attached to an aromatic ring is 1. The molecule has 0 radical (unpaired) electrons. The molecular weight excluding hydrogens is 190 g/mol. The molecule has 0 unspecified atom stereocenters. The molecule has 0 bridgehead atoms. The van der Waals surface area contributed by atoms with E-state index in [2.05, 4.69) is 10.4 Å². The summed E-state index contributed by atoms with van der Waals surface area (Å²) >= 11 is 0. The maximum Gasteiger partial charge on any atom is 0.354 e. The minimum atomic E-state index is -1.32. The van der Waals surface area contributed by atoms with Crippen molar-refractivity contribution in [2.24, 2.45) is 5.84 Å². The quantitative estimate of drug-likeness (QED) is 0.389. The van der Waals surface area contributed by atoms with Gasteiger partial charge in [-0.1, -0.05) is 0 Å². The van der Waals surface area contributed by atoms with Crippen molar-refractivity contribution in [3.05, 3.63) is 23.5 Å². The highest BCUT2D eigenvalue weighted by molar-refractivity contribution is 5.91. The van der Waals surface area contributed by atoms with E-state index in [0.717, 1.165) is 12.1 Å². The predicted octanol–water partition coefficient (Wildman–Crippen LogP) is -0.236. The van der Waals surface area contributed by atoms with Gasteiger partial charge in [0.1, 0.15) is 0 Å². The molecule has 0 fully saturated rings. The number of hydrogen-bond donors (Lipinski definition) is 4. The molecule has 1 aromatic rings. The Bertz CT molecular complexity index is 358. The summed E-state index contributed by atoms with van der Waals surface area (Å²) in [6.07, 6.45) is 0. The average Bonchev–Trinajstić information content (AvgIpc) is 2.16. The van der Waals surface area contributed by atoms with Gasteiger partial charge in [-0.25, -0.2) is 14.6 Å². The fourth-order valence-electron chi connectivity index (χ4n) is 0.833. The van der Waals surface area contributed by atoms with Crippen LogP contribution in [0.1, 0.15) is 21.0 Å².